The maximum Gasteiger partial charge on any atom is 0.276 e. The fraction of sp³-hybridized carbons (Fsp3) is 0.200. The van der Waals surface area contributed by atoms with Crippen molar-refractivity contribution in [1.29, 1.82) is 0 Å². The Bertz CT molecular complexity index is 624. The number of nitrogens with two attached hydrogens (primary N) is 1. The number of hydrogen-bond donors (Lipinski definition) is 2. The van der Waals surface area contributed by atoms with Gasteiger partial charge in [0.15, 0.2) is 0 Å². The van der Waals surface area contributed by atoms with E-state index in [-0.39, 0.29) is 5.91 Å². The molecule has 1 aromatic carbocycles. The van der Waals surface area contributed by atoms with Gasteiger partial charge >= 0.3 is 0 Å². The first-order valence-electron chi connectivity index (χ1n) is 6.62. The molecule has 0 radical (unpaired) electrons. The van der Waals surface area contributed by atoms with Gasteiger partial charge in [-0.25, -0.2) is 4.98 Å². The summed E-state index contributed by atoms with van der Waals surface area (Å²) < 4.78 is 0. The van der Waals surface area contributed by atoms with E-state index in [1.165, 1.54) is 5.56 Å². The standard InChI is InChI=1S/C15H16N4O/c16-18-12-7-8-13(17-10-12)15(20)19-9-3-5-11-4-1-2-6-14(11)19/h1-2,4,6-8,10,18H,3,5,9,16H2. The molecule has 1 aliphatic rings. The fourth-order valence-corrected chi connectivity index (χ4v) is 2.49. The van der Waals surface area contributed by atoms with Gasteiger partial charge in [0.2, 0.25) is 0 Å². The third-order valence-corrected chi connectivity index (χ3v) is 3.50. The van der Waals surface area contributed by atoms with Gasteiger partial charge in [0.25, 0.3) is 5.91 Å². The highest BCUT2D eigenvalue weighted by molar-refractivity contribution is 6.05. The van der Waals surface area contributed by atoms with Crippen LogP contribution in [0.5, 0.6) is 0 Å². The number of rotatable bonds is 2. The van der Waals surface area contributed by atoms with Crippen molar-refractivity contribution < 1.29 is 4.79 Å². The van der Waals surface area contributed by atoms with Crippen LogP contribution in [0, 0.1) is 0 Å². The Kier molecular flexibility index (Phi) is 3.35. The number of hydrazine groups is 1. The van der Waals surface area contributed by atoms with Crippen LogP contribution in [0.4, 0.5) is 11.4 Å². The molecule has 5 nitrogen and oxygen atoms in total. The smallest absolute Gasteiger partial charge is 0.276 e. The lowest BCUT2D eigenvalue weighted by Crippen LogP contribution is -2.35. The van der Waals surface area contributed by atoms with Gasteiger partial charge < -0.3 is 10.3 Å². The normalized spacial score (nSPS) is 13.8. The molecule has 1 aromatic heterocycles. The first-order valence-corrected chi connectivity index (χ1v) is 6.62. The van der Waals surface area contributed by atoms with Crippen molar-refractivity contribution in [2.45, 2.75) is 12.8 Å². The summed E-state index contributed by atoms with van der Waals surface area (Å²) in [5.74, 6) is 5.23. The van der Waals surface area contributed by atoms with E-state index >= 15 is 0 Å². The van der Waals surface area contributed by atoms with Crippen molar-refractivity contribution in [3.8, 4) is 0 Å². The molecule has 20 heavy (non-hydrogen) atoms. The lowest BCUT2D eigenvalue weighted by atomic mass is 10.0. The number of para-hydroxylation sites is 1. The van der Waals surface area contributed by atoms with E-state index in [1.807, 2.05) is 18.2 Å². The molecule has 0 unspecified atom stereocenters. The quantitative estimate of drug-likeness (QED) is 0.645. The summed E-state index contributed by atoms with van der Waals surface area (Å²) in [4.78, 5) is 18.5. The summed E-state index contributed by atoms with van der Waals surface area (Å²) in [5, 5.41) is 0. The van der Waals surface area contributed by atoms with Crippen LogP contribution in [0.2, 0.25) is 0 Å². The Labute approximate surface area is 117 Å². The number of aryl methyl sites for hydroxylation is 1. The number of hydrogen-bond acceptors (Lipinski definition) is 4. The molecular formula is C15H16N4O. The summed E-state index contributed by atoms with van der Waals surface area (Å²) in [5.41, 5.74) is 5.82. The summed E-state index contributed by atoms with van der Waals surface area (Å²) in [6, 6.07) is 11.5. The molecule has 0 fully saturated rings. The molecule has 1 aliphatic heterocycles. The van der Waals surface area contributed by atoms with Gasteiger partial charge in [0.1, 0.15) is 5.69 Å². The van der Waals surface area contributed by atoms with Crippen molar-refractivity contribution in [2.24, 2.45) is 5.84 Å². The van der Waals surface area contributed by atoms with Crippen LogP contribution in [0.15, 0.2) is 42.6 Å². The number of fused-ring (bicyclic) bond motifs is 1. The van der Waals surface area contributed by atoms with Crippen molar-refractivity contribution in [3.63, 3.8) is 0 Å². The minimum absolute atomic E-state index is 0.0688. The largest absolute Gasteiger partial charge is 0.323 e. The maximum atomic E-state index is 12.6. The molecule has 1 amide bonds. The lowest BCUT2D eigenvalue weighted by molar-refractivity contribution is 0.0980. The molecule has 5 heteroatoms. The van der Waals surface area contributed by atoms with Crippen LogP contribution in [0.25, 0.3) is 0 Å². The Morgan fingerprint density at radius 1 is 1.25 bits per heavy atom. The van der Waals surface area contributed by atoms with Crippen molar-refractivity contribution in [3.05, 3.63) is 53.9 Å². The second-order valence-electron chi connectivity index (χ2n) is 4.77. The average molecular weight is 268 g/mol. The van der Waals surface area contributed by atoms with Crippen LogP contribution >= 0.6 is 0 Å². The molecule has 2 aromatic rings. The number of nitrogens with zero attached hydrogens (tertiary/aromatic N) is 2. The van der Waals surface area contributed by atoms with E-state index in [9.17, 15) is 4.79 Å². The van der Waals surface area contributed by atoms with Crippen LogP contribution in [0.1, 0.15) is 22.5 Å². The monoisotopic (exact) mass is 268 g/mol. The number of pyridine rings is 1. The molecule has 3 N–H and O–H groups in total. The molecule has 2 heterocycles. The maximum absolute atomic E-state index is 12.6. The van der Waals surface area contributed by atoms with Gasteiger partial charge in [-0.3, -0.25) is 10.6 Å². The molecule has 0 spiro atoms. The van der Waals surface area contributed by atoms with Crippen molar-refractivity contribution in [2.75, 3.05) is 16.9 Å². The minimum atomic E-state index is -0.0688. The highest BCUT2D eigenvalue weighted by Gasteiger charge is 2.23. The van der Waals surface area contributed by atoms with Gasteiger partial charge in [-0.05, 0) is 36.6 Å². The Balaban J connectivity index is 1.91. The van der Waals surface area contributed by atoms with Gasteiger partial charge in [0, 0.05) is 12.2 Å². The predicted octanol–water partition coefficient (Wildman–Crippen LogP) is 1.96. The van der Waals surface area contributed by atoms with Gasteiger partial charge in [0.05, 0.1) is 11.9 Å². The topological polar surface area (TPSA) is 71.2 Å². The second kappa shape index (κ2) is 5.30. The molecule has 0 aliphatic carbocycles. The number of benzene rings is 1. The van der Waals surface area contributed by atoms with E-state index in [0.717, 1.165) is 25.1 Å². The number of carbonyl (C=O) groups excluding carboxylic acids is 1. The van der Waals surface area contributed by atoms with Gasteiger partial charge in [-0.2, -0.15) is 0 Å². The van der Waals surface area contributed by atoms with E-state index in [4.69, 9.17) is 5.84 Å². The first-order chi connectivity index (χ1) is 9.79. The molecule has 0 bridgehead atoms. The lowest BCUT2D eigenvalue weighted by Gasteiger charge is -2.29. The summed E-state index contributed by atoms with van der Waals surface area (Å²) >= 11 is 0. The zero-order valence-corrected chi connectivity index (χ0v) is 11.0. The van der Waals surface area contributed by atoms with Gasteiger partial charge in [-0.1, -0.05) is 18.2 Å². The first kappa shape index (κ1) is 12.6. The predicted molar refractivity (Wildman–Crippen MR) is 78.5 cm³/mol. The summed E-state index contributed by atoms with van der Waals surface area (Å²) in [6.07, 6.45) is 3.55. The van der Waals surface area contributed by atoms with Crippen LogP contribution in [0.3, 0.4) is 0 Å². The molecule has 0 atom stereocenters. The second-order valence-corrected chi connectivity index (χ2v) is 4.77. The number of nitrogen functional groups attached to an aromatic ring is 1. The Morgan fingerprint density at radius 2 is 2.10 bits per heavy atom. The fourth-order valence-electron chi connectivity index (χ4n) is 2.49. The Morgan fingerprint density at radius 3 is 2.85 bits per heavy atom. The van der Waals surface area contributed by atoms with E-state index in [2.05, 4.69) is 16.5 Å². The molecular weight excluding hydrogens is 252 g/mol. The summed E-state index contributed by atoms with van der Waals surface area (Å²) in [6.45, 7) is 0.731. The average Bonchev–Trinajstić information content (AvgIpc) is 2.54. The molecule has 0 saturated carbocycles. The molecule has 3 rings (SSSR count). The van der Waals surface area contributed by atoms with Gasteiger partial charge in [-0.15, -0.1) is 0 Å². The number of carbonyl (C=O) groups is 1. The van der Waals surface area contributed by atoms with E-state index in [0.29, 0.717) is 11.4 Å². The highest BCUT2D eigenvalue weighted by atomic mass is 16.2. The van der Waals surface area contributed by atoms with E-state index < -0.39 is 0 Å². The molecule has 0 saturated heterocycles. The number of aromatic nitrogens is 1. The number of amides is 1. The highest BCUT2D eigenvalue weighted by Crippen LogP contribution is 2.27. The zero-order chi connectivity index (χ0) is 13.9. The van der Waals surface area contributed by atoms with Crippen LogP contribution < -0.4 is 16.2 Å². The van der Waals surface area contributed by atoms with Crippen molar-refractivity contribution >= 4 is 17.3 Å². The minimum Gasteiger partial charge on any atom is -0.323 e. The summed E-state index contributed by atoms with van der Waals surface area (Å²) in [7, 11) is 0. The van der Waals surface area contributed by atoms with Crippen LogP contribution in [-0.4, -0.2) is 17.4 Å². The number of anilines is 2. The van der Waals surface area contributed by atoms with E-state index in [1.54, 1.807) is 23.2 Å². The third-order valence-electron chi connectivity index (χ3n) is 3.50. The zero-order valence-electron chi connectivity index (χ0n) is 11.0. The third kappa shape index (κ3) is 2.23. The Hall–Kier alpha value is -2.40. The molecule has 102 valence electrons. The number of nitrogens with one attached hydrogen (secondary N) is 1. The van der Waals surface area contributed by atoms with Crippen LogP contribution in [-0.2, 0) is 6.42 Å². The SMILES string of the molecule is NNc1ccc(C(=O)N2CCCc3ccccc32)nc1. The van der Waals surface area contributed by atoms with Crippen molar-refractivity contribution in [1.82, 2.24) is 4.98 Å².